The van der Waals surface area contributed by atoms with Crippen LogP contribution in [0.4, 0.5) is 22.1 Å². The molecule has 1 atom stereocenters. The fourth-order valence-corrected chi connectivity index (χ4v) is 2.56. The predicted octanol–water partition coefficient (Wildman–Crippen LogP) is 2.02. The van der Waals surface area contributed by atoms with Gasteiger partial charge < -0.3 is 20.3 Å². The lowest BCUT2D eigenvalue weighted by atomic mass is 10.2. The Morgan fingerprint density at radius 2 is 2.08 bits per heavy atom. The average molecular weight is 337 g/mol. The molecular formula is C15H23N5O4. The molecule has 132 valence electrons. The summed E-state index contributed by atoms with van der Waals surface area (Å²) in [7, 11) is 0. The number of rotatable bonds is 2. The van der Waals surface area contributed by atoms with Crippen molar-refractivity contribution in [2.24, 2.45) is 0 Å². The van der Waals surface area contributed by atoms with E-state index in [1.165, 1.54) is 6.07 Å². The maximum Gasteiger partial charge on any atom is 0.410 e. The average Bonchev–Trinajstić information content (AvgIpc) is 2.44. The molecule has 24 heavy (non-hydrogen) atoms. The molecule has 1 fully saturated rings. The summed E-state index contributed by atoms with van der Waals surface area (Å²) in [5.74, 6) is 0.453. The number of nitrogens with two attached hydrogens (primary N) is 1. The summed E-state index contributed by atoms with van der Waals surface area (Å²) < 4.78 is 5.39. The monoisotopic (exact) mass is 337 g/mol. The van der Waals surface area contributed by atoms with E-state index in [0.29, 0.717) is 25.5 Å². The Balaban J connectivity index is 2.07. The number of aromatic nitrogens is 1. The summed E-state index contributed by atoms with van der Waals surface area (Å²) in [4.78, 5) is 30.2. The number of hydrogen-bond acceptors (Lipinski definition) is 7. The van der Waals surface area contributed by atoms with E-state index in [-0.39, 0.29) is 23.6 Å². The Morgan fingerprint density at radius 1 is 1.42 bits per heavy atom. The highest BCUT2D eigenvalue weighted by Gasteiger charge is 2.31. The second-order valence-electron chi connectivity index (χ2n) is 6.80. The van der Waals surface area contributed by atoms with Crippen molar-refractivity contribution >= 4 is 23.4 Å². The highest BCUT2D eigenvalue weighted by molar-refractivity contribution is 5.69. The molecule has 0 spiro atoms. The van der Waals surface area contributed by atoms with Gasteiger partial charge in [-0.25, -0.2) is 9.78 Å². The fraction of sp³-hybridized carbons (Fsp3) is 0.600. The van der Waals surface area contributed by atoms with E-state index in [1.54, 1.807) is 11.0 Å². The minimum absolute atomic E-state index is 0.0142. The second-order valence-corrected chi connectivity index (χ2v) is 6.80. The molecule has 0 unspecified atom stereocenters. The summed E-state index contributed by atoms with van der Waals surface area (Å²) >= 11 is 0. The van der Waals surface area contributed by atoms with Crippen molar-refractivity contribution in [3.05, 3.63) is 22.2 Å². The van der Waals surface area contributed by atoms with Gasteiger partial charge in [0.25, 0.3) is 0 Å². The van der Waals surface area contributed by atoms with Gasteiger partial charge in [0.2, 0.25) is 5.82 Å². The lowest BCUT2D eigenvalue weighted by Crippen LogP contribution is -2.54. The van der Waals surface area contributed by atoms with Crippen molar-refractivity contribution in [1.82, 2.24) is 9.88 Å². The quantitative estimate of drug-likeness (QED) is 0.648. The minimum Gasteiger partial charge on any atom is -0.444 e. The number of pyridine rings is 1. The number of piperazine rings is 1. The summed E-state index contributed by atoms with van der Waals surface area (Å²) in [6, 6.07) is 2.92. The molecule has 0 saturated carbocycles. The van der Waals surface area contributed by atoms with Crippen molar-refractivity contribution in [2.75, 3.05) is 30.3 Å². The Kier molecular flexibility index (Phi) is 4.81. The van der Waals surface area contributed by atoms with Gasteiger partial charge in [0.1, 0.15) is 11.4 Å². The van der Waals surface area contributed by atoms with Crippen LogP contribution in [-0.2, 0) is 4.74 Å². The SMILES string of the molecule is C[C@@H]1CN(C(=O)OC(C)(C)C)CCN1c1ccc([N+](=O)[O-])c(N)n1. The van der Waals surface area contributed by atoms with E-state index in [9.17, 15) is 14.9 Å². The van der Waals surface area contributed by atoms with Gasteiger partial charge >= 0.3 is 11.8 Å². The number of hydrogen-bond donors (Lipinski definition) is 1. The van der Waals surface area contributed by atoms with E-state index in [1.807, 2.05) is 32.6 Å². The summed E-state index contributed by atoms with van der Waals surface area (Å²) in [6.07, 6.45) is -0.342. The number of carbonyl (C=O) groups excluding carboxylic acids is 1. The molecule has 2 heterocycles. The van der Waals surface area contributed by atoms with Crippen LogP contribution in [0.15, 0.2) is 12.1 Å². The summed E-state index contributed by atoms with van der Waals surface area (Å²) in [5, 5.41) is 10.8. The molecule has 2 rings (SSSR count). The molecule has 1 aliphatic heterocycles. The largest absolute Gasteiger partial charge is 0.444 e. The van der Waals surface area contributed by atoms with E-state index in [4.69, 9.17) is 10.5 Å². The molecule has 1 saturated heterocycles. The molecular weight excluding hydrogens is 314 g/mol. The molecule has 0 bridgehead atoms. The maximum atomic E-state index is 12.2. The molecule has 9 nitrogen and oxygen atoms in total. The van der Waals surface area contributed by atoms with Crippen LogP contribution in [0.3, 0.4) is 0 Å². The Labute approximate surface area is 140 Å². The van der Waals surface area contributed by atoms with E-state index in [0.717, 1.165) is 0 Å². The molecule has 1 aliphatic rings. The van der Waals surface area contributed by atoms with Crippen molar-refractivity contribution in [3.63, 3.8) is 0 Å². The van der Waals surface area contributed by atoms with Crippen LogP contribution >= 0.6 is 0 Å². The van der Waals surface area contributed by atoms with E-state index < -0.39 is 10.5 Å². The molecule has 1 amide bonds. The first-order valence-corrected chi connectivity index (χ1v) is 7.74. The number of ether oxygens (including phenoxy) is 1. The van der Waals surface area contributed by atoms with Crippen molar-refractivity contribution in [2.45, 2.75) is 39.3 Å². The van der Waals surface area contributed by atoms with Crippen LogP contribution in [0.5, 0.6) is 0 Å². The standard InChI is InChI=1S/C15H23N5O4/c1-10-9-18(14(21)24-15(2,3)4)7-8-19(10)12-6-5-11(20(22)23)13(16)17-12/h5-6,10H,7-9H2,1-4H3,(H2,16,17)/t10-/m1/s1. The van der Waals surface area contributed by atoms with E-state index >= 15 is 0 Å². The third kappa shape index (κ3) is 4.03. The first-order valence-electron chi connectivity index (χ1n) is 7.74. The third-order valence-corrected chi connectivity index (χ3v) is 3.66. The van der Waals surface area contributed by atoms with Gasteiger partial charge in [0.15, 0.2) is 0 Å². The Bertz CT molecular complexity index is 643. The van der Waals surface area contributed by atoms with Gasteiger partial charge in [-0.1, -0.05) is 0 Å². The zero-order valence-electron chi connectivity index (χ0n) is 14.4. The molecule has 1 aromatic rings. The van der Waals surface area contributed by atoms with Crippen LogP contribution in [0.25, 0.3) is 0 Å². The van der Waals surface area contributed by atoms with Crippen LogP contribution in [-0.4, -0.2) is 52.2 Å². The third-order valence-electron chi connectivity index (χ3n) is 3.66. The zero-order valence-corrected chi connectivity index (χ0v) is 14.4. The van der Waals surface area contributed by atoms with Gasteiger partial charge in [-0.2, -0.15) is 0 Å². The van der Waals surface area contributed by atoms with Gasteiger partial charge in [-0.3, -0.25) is 10.1 Å². The highest BCUT2D eigenvalue weighted by Crippen LogP contribution is 2.25. The second kappa shape index (κ2) is 6.50. The normalized spacial score (nSPS) is 18.4. The number of anilines is 2. The zero-order chi connectivity index (χ0) is 18.1. The van der Waals surface area contributed by atoms with Gasteiger partial charge in [-0.15, -0.1) is 0 Å². The van der Waals surface area contributed by atoms with Gasteiger partial charge in [0, 0.05) is 31.7 Å². The Hall–Kier alpha value is -2.58. The van der Waals surface area contributed by atoms with E-state index in [2.05, 4.69) is 4.98 Å². The van der Waals surface area contributed by atoms with Crippen LogP contribution in [0.1, 0.15) is 27.7 Å². The number of nitro groups is 1. The topological polar surface area (TPSA) is 115 Å². The molecule has 9 heteroatoms. The first kappa shape index (κ1) is 17.8. The van der Waals surface area contributed by atoms with Crippen LogP contribution < -0.4 is 10.6 Å². The molecule has 0 aliphatic carbocycles. The molecule has 1 aromatic heterocycles. The van der Waals surface area contributed by atoms with Crippen molar-refractivity contribution in [1.29, 1.82) is 0 Å². The van der Waals surface area contributed by atoms with Gasteiger partial charge in [-0.05, 0) is 33.8 Å². The number of carbonyl (C=O) groups is 1. The number of nitrogen functional groups attached to an aromatic ring is 1. The maximum absolute atomic E-state index is 12.2. The molecule has 0 aromatic carbocycles. The Morgan fingerprint density at radius 3 is 2.58 bits per heavy atom. The summed E-state index contributed by atoms with van der Waals surface area (Å²) in [6.45, 7) is 8.95. The number of nitrogens with zero attached hydrogens (tertiary/aromatic N) is 4. The number of amides is 1. The van der Waals surface area contributed by atoms with Crippen LogP contribution in [0.2, 0.25) is 0 Å². The lowest BCUT2D eigenvalue weighted by molar-refractivity contribution is -0.384. The molecule has 0 radical (unpaired) electrons. The molecule has 2 N–H and O–H groups in total. The van der Waals surface area contributed by atoms with Gasteiger partial charge in [0.05, 0.1) is 4.92 Å². The predicted molar refractivity (Wildman–Crippen MR) is 89.9 cm³/mol. The van der Waals surface area contributed by atoms with Crippen molar-refractivity contribution in [3.8, 4) is 0 Å². The lowest BCUT2D eigenvalue weighted by Gasteiger charge is -2.40. The summed E-state index contributed by atoms with van der Waals surface area (Å²) in [5.41, 5.74) is 4.91. The van der Waals surface area contributed by atoms with Crippen molar-refractivity contribution < 1.29 is 14.5 Å². The highest BCUT2D eigenvalue weighted by atomic mass is 16.6. The minimum atomic E-state index is -0.560. The van der Waals surface area contributed by atoms with Crippen LogP contribution in [0, 0.1) is 10.1 Å². The fourth-order valence-electron chi connectivity index (χ4n) is 2.56. The smallest absolute Gasteiger partial charge is 0.410 e. The first-order chi connectivity index (χ1) is 11.1.